The molecule has 0 heterocycles. The van der Waals surface area contributed by atoms with Crippen LogP contribution < -0.4 is 5.73 Å². The molecule has 0 atom stereocenters. The Balaban J connectivity index is 0.00000243. The molecule has 3 aromatic rings. The van der Waals surface area contributed by atoms with Crippen molar-refractivity contribution in [2.45, 2.75) is 4.90 Å². The van der Waals surface area contributed by atoms with E-state index in [4.69, 9.17) is 5.73 Å². The van der Waals surface area contributed by atoms with Crippen LogP contribution in [0.2, 0.25) is 0 Å². The summed E-state index contributed by atoms with van der Waals surface area (Å²) in [7, 11) is -4.55. The van der Waals surface area contributed by atoms with Gasteiger partial charge in [0.2, 0.25) is 0 Å². The molecule has 0 aliphatic rings. The van der Waals surface area contributed by atoms with Crippen molar-refractivity contribution in [3.05, 3.63) is 60.2 Å². The Kier molecular flexibility index (Phi) is 6.09. The van der Waals surface area contributed by atoms with Crippen molar-refractivity contribution in [3.8, 4) is 0 Å². The van der Waals surface area contributed by atoms with Crippen LogP contribution in [0.4, 0.5) is 25.8 Å². The molecular formula is C16H12F2N3NaO3S. The second kappa shape index (κ2) is 7.77. The van der Waals surface area contributed by atoms with Crippen molar-refractivity contribution in [3.63, 3.8) is 0 Å². The third-order valence-corrected chi connectivity index (χ3v) is 4.37. The molecule has 0 aromatic heterocycles. The van der Waals surface area contributed by atoms with Crippen molar-refractivity contribution in [2.75, 3.05) is 5.73 Å². The van der Waals surface area contributed by atoms with Crippen molar-refractivity contribution >= 4 is 67.5 Å². The van der Waals surface area contributed by atoms with Gasteiger partial charge >= 0.3 is 29.6 Å². The number of nitrogens with zero attached hydrogens (tertiary/aromatic N) is 2. The van der Waals surface area contributed by atoms with Crippen molar-refractivity contribution in [1.29, 1.82) is 0 Å². The number of hydrogen-bond acceptors (Lipinski definition) is 5. The van der Waals surface area contributed by atoms with Crippen molar-refractivity contribution < 1.29 is 21.8 Å². The molecular weight excluding hydrogens is 375 g/mol. The quantitative estimate of drug-likeness (QED) is 0.309. The molecule has 0 saturated heterocycles. The SMILES string of the molecule is Nc1c(N=Nc2ccc(F)cc2F)cc(S(=O)(=O)O)c2ccccc12.[NaH]. The van der Waals surface area contributed by atoms with E-state index < -0.39 is 26.6 Å². The minimum absolute atomic E-state index is 0. The summed E-state index contributed by atoms with van der Waals surface area (Å²) in [5.41, 5.74) is 5.76. The maximum absolute atomic E-state index is 13.6. The molecule has 0 radical (unpaired) electrons. The van der Waals surface area contributed by atoms with E-state index in [-0.39, 0.29) is 52.0 Å². The number of nitrogens with two attached hydrogens (primary N) is 1. The number of benzene rings is 3. The molecule has 0 unspecified atom stereocenters. The van der Waals surface area contributed by atoms with Crippen LogP contribution in [0.3, 0.4) is 0 Å². The molecule has 0 amide bonds. The zero-order valence-corrected chi connectivity index (χ0v) is 13.3. The number of fused-ring (bicyclic) bond motifs is 1. The number of rotatable bonds is 3. The van der Waals surface area contributed by atoms with E-state index in [9.17, 15) is 21.8 Å². The summed E-state index contributed by atoms with van der Waals surface area (Å²) in [5.74, 6) is -1.70. The van der Waals surface area contributed by atoms with Crippen molar-refractivity contribution in [2.24, 2.45) is 10.2 Å². The molecule has 0 fully saturated rings. The van der Waals surface area contributed by atoms with E-state index in [1.165, 1.54) is 6.07 Å². The van der Waals surface area contributed by atoms with Crippen molar-refractivity contribution in [1.82, 2.24) is 0 Å². The van der Waals surface area contributed by atoms with Gasteiger partial charge in [0.15, 0.2) is 5.82 Å². The number of nitrogen functional groups attached to an aromatic ring is 1. The predicted octanol–water partition coefficient (Wildman–Crippen LogP) is 3.71. The molecule has 26 heavy (non-hydrogen) atoms. The average molecular weight is 387 g/mol. The third kappa shape index (κ3) is 4.08. The first kappa shape index (κ1) is 20.4. The van der Waals surface area contributed by atoms with E-state index in [1.807, 2.05) is 0 Å². The second-order valence-electron chi connectivity index (χ2n) is 5.12. The van der Waals surface area contributed by atoms with Crippen LogP contribution >= 0.6 is 0 Å². The fourth-order valence-corrected chi connectivity index (χ4v) is 3.03. The molecule has 0 saturated carbocycles. The summed E-state index contributed by atoms with van der Waals surface area (Å²) in [6.07, 6.45) is 0. The standard InChI is InChI=1S/C16H11F2N3O3S.Na.H/c17-9-5-6-13(12(18)7-9)20-21-14-8-15(25(22,23)24)10-3-1-2-4-11(10)16(14)19;;/h1-8H,19H2,(H,22,23,24);;. The van der Waals surface area contributed by atoms with Crippen LogP contribution in [0.5, 0.6) is 0 Å². The van der Waals surface area contributed by atoms with Crippen LogP contribution in [0.1, 0.15) is 0 Å². The van der Waals surface area contributed by atoms with Gasteiger partial charge in [0.25, 0.3) is 10.1 Å². The number of anilines is 1. The van der Waals surface area contributed by atoms with Gasteiger partial charge in [-0.2, -0.15) is 8.42 Å². The van der Waals surface area contributed by atoms with Gasteiger partial charge in [0.05, 0.1) is 5.69 Å². The van der Waals surface area contributed by atoms with E-state index in [2.05, 4.69) is 10.2 Å². The maximum atomic E-state index is 13.6. The normalized spacial score (nSPS) is 11.7. The van der Waals surface area contributed by atoms with Gasteiger partial charge in [-0.1, -0.05) is 24.3 Å². The molecule has 0 aliphatic carbocycles. The second-order valence-corrected chi connectivity index (χ2v) is 6.51. The molecule has 0 bridgehead atoms. The first-order valence-corrected chi connectivity index (χ1v) is 8.37. The summed E-state index contributed by atoms with van der Waals surface area (Å²) >= 11 is 0. The molecule has 10 heteroatoms. The van der Waals surface area contributed by atoms with Crippen LogP contribution in [0.15, 0.2) is 63.7 Å². The summed E-state index contributed by atoms with van der Waals surface area (Å²) in [5, 5.41) is 7.94. The molecule has 3 rings (SSSR count). The number of azo groups is 1. The van der Waals surface area contributed by atoms with Crippen LogP contribution in [-0.4, -0.2) is 42.5 Å². The van der Waals surface area contributed by atoms with Gasteiger partial charge in [-0.3, -0.25) is 4.55 Å². The Morgan fingerprint density at radius 2 is 1.54 bits per heavy atom. The third-order valence-electron chi connectivity index (χ3n) is 3.48. The Morgan fingerprint density at radius 1 is 0.923 bits per heavy atom. The average Bonchev–Trinajstić information content (AvgIpc) is 2.54. The number of hydrogen-bond donors (Lipinski definition) is 2. The van der Waals surface area contributed by atoms with E-state index in [1.54, 1.807) is 18.2 Å². The van der Waals surface area contributed by atoms with Crippen LogP contribution in [0.25, 0.3) is 10.8 Å². The topological polar surface area (TPSA) is 105 Å². The minimum atomic E-state index is -4.55. The van der Waals surface area contributed by atoms with Gasteiger partial charge in [-0.25, -0.2) is 8.78 Å². The molecule has 6 nitrogen and oxygen atoms in total. The Hall–Kier alpha value is -1.91. The summed E-state index contributed by atoms with van der Waals surface area (Å²) in [4.78, 5) is -0.397. The van der Waals surface area contributed by atoms with E-state index in [0.717, 1.165) is 18.2 Å². The van der Waals surface area contributed by atoms with Gasteiger partial charge < -0.3 is 5.73 Å². The predicted molar refractivity (Wildman–Crippen MR) is 95.9 cm³/mol. The summed E-state index contributed by atoms with van der Waals surface area (Å²) in [6.45, 7) is 0. The zero-order valence-electron chi connectivity index (χ0n) is 12.5. The number of halogens is 2. The molecule has 0 spiro atoms. The summed E-state index contributed by atoms with van der Waals surface area (Å²) < 4.78 is 59.2. The molecule has 130 valence electrons. The van der Waals surface area contributed by atoms with E-state index in [0.29, 0.717) is 11.5 Å². The summed E-state index contributed by atoms with van der Waals surface area (Å²) in [6, 6.07) is 10.0. The Bertz CT molecular complexity index is 1120. The molecule has 3 N–H and O–H groups in total. The van der Waals surface area contributed by atoms with Crippen LogP contribution in [-0.2, 0) is 10.1 Å². The fraction of sp³-hybridized carbons (Fsp3) is 0. The van der Waals surface area contributed by atoms with E-state index >= 15 is 0 Å². The van der Waals surface area contributed by atoms with Gasteiger partial charge in [0.1, 0.15) is 22.1 Å². The Morgan fingerprint density at radius 3 is 2.15 bits per heavy atom. The van der Waals surface area contributed by atoms with Gasteiger partial charge in [0, 0.05) is 16.8 Å². The van der Waals surface area contributed by atoms with Crippen LogP contribution in [0, 0.1) is 11.6 Å². The monoisotopic (exact) mass is 387 g/mol. The fourth-order valence-electron chi connectivity index (χ4n) is 2.32. The van der Waals surface area contributed by atoms with Gasteiger partial charge in [-0.15, -0.1) is 10.2 Å². The molecule has 0 aliphatic heterocycles. The first-order chi connectivity index (χ1) is 11.8. The zero-order chi connectivity index (χ0) is 18.2. The van der Waals surface area contributed by atoms with Gasteiger partial charge in [-0.05, 0) is 18.2 Å². The first-order valence-electron chi connectivity index (χ1n) is 6.93. The molecule has 3 aromatic carbocycles. The Labute approximate surface area is 169 Å².